The van der Waals surface area contributed by atoms with Crippen LogP contribution in [-0.4, -0.2) is 16.1 Å². The molecule has 0 saturated carbocycles. The van der Waals surface area contributed by atoms with Crippen LogP contribution in [0.15, 0.2) is 17.1 Å². The number of hydrogen-bond donors (Lipinski definition) is 3. The molecule has 4 nitrogen and oxygen atoms in total. The highest BCUT2D eigenvalue weighted by molar-refractivity contribution is 5.24. The van der Waals surface area contributed by atoms with E-state index in [4.69, 9.17) is 5.73 Å². The van der Waals surface area contributed by atoms with Crippen molar-refractivity contribution in [2.24, 2.45) is 5.73 Å². The van der Waals surface area contributed by atoms with Crippen LogP contribution in [0.1, 0.15) is 30.6 Å². The van der Waals surface area contributed by atoms with Crippen LogP contribution in [0.3, 0.4) is 0 Å². The van der Waals surface area contributed by atoms with Gasteiger partial charge in [-0.25, -0.2) is 0 Å². The summed E-state index contributed by atoms with van der Waals surface area (Å²) in [7, 11) is 0. The highest BCUT2D eigenvalue weighted by Crippen LogP contribution is 2.18. The van der Waals surface area contributed by atoms with Gasteiger partial charge in [-0.15, -0.1) is 0 Å². The van der Waals surface area contributed by atoms with E-state index in [2.05, 4.69) is 4.98 Å². The van der Waals surface area contributed by atoms with Crippen LogP contribution >= 0.6 is 0 Å². The van der Waals surface area contributed by atoms with Gasteiger partial charge in [-0.2, -0.15) is 0 Å². The lowest BCUT2D eigenvalue weighted by Gasteiger charge is -2.18. The van der Waals surface area contributed by atoms with Gasteiger partial charge in [0.15, 0.2) is 0 Å². The molecule has 0 aromatic carbocycles. The van der Waals surface area contributed by atoms with Crippen molar-refractivity contribution in [3.8, 4) is 0 Å². The van der Waals surface area contributed by atoms with Crippen molar-refractivity contribution in [2.45, 2.75) is 32.4 Å². The van der Waals surface area contributed by atoms with E-state index in [9.17, 15) is 9.90 Å². The van der Waals surface area contributed by atoms with Crippen LogP contribution in [0, 0.1) is 6.92 Å². The first-order valence-electron chi connectivity index (χ1n) is 4.69. The Morgan fingerprint density at radius 1 is 1.64 bits per heavy atom. The van der Waals surface area contributed by atoms with Crippen LogP contribution in [0.2, 0.25) is 0 Å². The lowest BCUT2D eigenvalue weighted by molar-refractivity contribution is 0.143. The highest BCUT2D eigenvalue weighted by atomic mass is 16.3. The second kappa shape index (κ2) is 4.39. The van der Waals surface area contributed by atoms with E-state index in [0.29, 0.717) is 12.0 Å². The fourth-order valence-electron chi connectivity index (χ4n) is 1.36. The van der Waals surface area contributed by atoms with Gasteiger partial charge in [0.05, 0.1) is 6.10 Å². The predicted molar refractivity (Wildman–Crippen MR) is 55.0 cm³/mol. The third-order valence-corrected chi connectivity index (χ3v) is 2.37. The van der Waals surface area contributed by atoms with Gasteiger partial charge in [-0.1, -0.05) is 6.92 Å². The third-order valence-electron chi connectivity index (χ3n) is 2.37. The molecule has 0 aliphatic carbocycles. The Bertz CT molecular complexity index is 359. The summed E-state index contributed by atoms with van der Waals surface area (Å²) in [5.74, 6) is 0. The molecule has 4 heteroatoms. The molecule has 78 valence electrons. The van der Waals surface area contributed by atoms with Crippen LogP contribution in [0.4, 0.5) is 0 Å². The molecule has 0 amide bonds. The number of aliphatic hydroxyl groups is 1. The summed E-state index contributed by atoms with van der Waals surface area (Å²) in [4.78, 5) is 13.5. The first kappa shape index (κ1) is 10.9. The van der Waals surface area contributed by atoms with Gasteiger partial charge in [0.1, 0.15) is 0 Å². The Balaban J connectivity index is 3.01. The maximum atomic E-state index is 10.9. The number of nitrogens with two attached hydrogens (primary N) is 1. The van der Waals surface area contributed by atoms with Crippen LogP contribution < -0.4 is 11.3 Å². The molecule has 0 aliphatic rings. The van der Waals surface area contributed by atoms with Gasteiger partial charge in [-0.3, -0.25) is 4.79 Å². The maximum Gasteiger partial charge on any atom is 0.248 e. The number of pyridine rings is 1. The minimum absolute atomic E-state index is 0.163. The smallest absolute Gasteiger partial charge is 0.248 e. The number of aryl methyl sites for hydroxylation is 1. The van der Waals surface area contributed by atoms with E-state index < -0.39 is 6.10 Å². The molecular formula is C10H16N2O2. The van der Waals surface area contributed by atoms with Crippen molar-refractivity contribution >= 4 is 0 Å². The van der Waals surface area contributed by atoms with Crippen molar-refractivity contribution in [1.82, 2.24) is 4.98 Å². The summed E-state index contributed by atoms with van der Waals surface area (Å²) in [5, 5.41) is 9.81. The number of H-pyrrole nitrogens is 1. The Morgan fingerprint density at radius 2 is 2.29 bits per heavy atom. The zero-order valence-electron chi connectivity index (χ0n) is 8.45. The number of hydrogen-bond acceptors (Lipinski definition) is 3. The van der Waals surface area contributed by atoms with E-state index in [1.165, 1.54) is 12.3 Å². The molecule has 14 heavy (non-hydrogen) atoms. The number of rotatable bonds is 3. The first-order valence-corrected chi connectivity index (χ1v) is 4.69. The normalized spacial score (nSPS) is 15.1. The van der Waals surface area contributed by atoms with Crippen molar-refractivity contribution < 1.29 is 5.11 Å². The molecule has 1 aromatic rings. The summed E-state index contributed by atoms with van der Waals surface area (Å²) in [6, 6.07) is 1.17. The topological polar surface area (TPSA) is 79.1 Å². The molecule has 2 atom stereocenters. The van der Waals surface area contributed by atoms with E-state index in [1.54, 1.807) is 6.92 Å². The average molecular weight is 196 g/mol. The second-order valence-corrected chi connectivity index (χ2v) is 3.45. The fourth-order valence-corrected chi connectivity index (χ4v) is 1.36. The number of aromatic amines is 1. The van der Waals surface area contributed by atoms with Crippen LogP contribution in [0.25, 0.3) is 0 Å². The van der Waals surface area contributed by atoms with E-state index in [1.807, 2.05) is 6.92 Å². The van der Waals surface area contributed by atoms with Crippen molar-refractivity contribution in [2.75, 3.05) is 0 Å². The van der Waals surface area contributed by atoms with Gasteiger partial charge in [0.2, 0.25) is 5.56 Å². The van der Waals surface area contributed by atoms with Gasteiger partial charge in [0, 0.05) is 23.9 Å². The Hall–Kier alpha value is -1.13. The lowest BCUT2D eigenvalue weighted by atomic mass is 9.99. The molecular weight excluding hydrogens is 180 g/mol. The van der Waals surface area contributed by atoms with E-state index in [-0.39, 0.29) is 11.6 Å². The molecule has 0 fully saturated rings. The summed E-state index contributed by atoms with van der Waals surface area (Å²) >= 11 is 0. The van der Waals surface area contributed by atoms with Crippen molar-refractivity contribution in [1.29, 1.82) is 0 Å². The van der Waals surface area contributed by atoms with Gasteiger partial charge in [-0.05, 0) is 18.9 Å². The quantitative estimate of drug-likeness (QED) is 0.657. The molecule has 0 bridgehead atoms. The molecule has 0 spiro atoms. The number of nitrogens with one attached hydrogen (secondary N) is 1. The molecule has 0 unspecified atom stereocenters. The molecule has 0 saturated heterocycles. The summed E-state index contributed by atoms with van der Waals surface area (Å²) in [5.41, 5.74) is 7.01. The van der Waals surface area contributed by atoms with Crippen molar-refractivity contribution in [3.05, 3.63) is 33.7 Å². The summed E-state index contributed by atoms with van der Waals surface area (Å²) < 4.78 is 0. The van der Waals surface area contributed by atoms with Gasteiger partial charge < -0.3 is 15.8 Å². The molecule has 1 heterocycles. The second-order valence-electron chi connectivity index (χ2n) is 3.45. The van der Waals surface area contributed by atoms with Crippen molar-refractivity contribution in [3.63, 3.8) is 0 Å². The average Bonchev–Trinajstić information content (AvgIpc) is 2.15. The minimum Gasteiger partial charge on any atom is -0.387 e. The molecule has 1 rings (SSSR count). The Labute approximate surface area is 82.8 Å². The Kier molecular flexibility index (Phi) is 3.43. The number of aromatic nitrogens is 1. The van der Waals surface area contributed by atoms with Gasteiger partial charge in [0.25, 0.3) is 0 Å². The monoisotopic (exact) mass is 196 g/mol. The maximum absolute atomic E-state index is 10.9. The SMILES string of the molecule is CC[C@@H](N)[C@H](O)c1c[nH]c(=O)cc1C. The van der Waals surface area contributed by atoms with Gasteiger partial charge >= 0.3 is 0 Å². The zero-order valence-corrected chi connectivity index (χ0v) is 8.45. The number of aliphatic hydroxyl groups excluding tert-OH is 1. The third kappa shape index (κ3) is 2.21. The Morgan fingerprint density at radius 3 is 2.79 bits per heavy atom. The molecule has 0 aliphatic heterocycles. The molecule has 0 radical (unpaired) electrons. The standard InChI is InChI=1S/C10H16N2O2/c1-3-8(11)10(14)7-5-12-9(13)4-6(7)2/h4-5,8,10,14H,3,11H2,1-2H3,(H,12,13)/t8-,10-/m1/s1. The van der Waals surface area contributed by atoms with E-state index >= 15 is 0 Å². The van der Waals surface area contributed by atoms with Crippen LogP contribution in [0.5, 0.6) is 0 Å². The fraction of sp³-hybridized carbons (Fsp3) is 0.500. The van der Waals surface area contributed by atoms with Crippen LogP contribution in [-0.2, 0) is 0 Å². The molecule has 1 aromatic heterocycles. The highest BCUT2D eigenvalue weighted by Gasteiger charge is 2.16. The largest absolute Gasteiger partial charge is 0.387 e. The van der Waals surface area contributed by atoms with E-state index in [0.717, 1.165) is 5.56 Å². The zero-order chi connectivity index (χ0) is 10.7. The lowest BCUT2D eigenvalue weighted by Crippen LogP contribution is -2.28. The minimum atomic E-state index is -0.711. The summed E-state index contributed by atoms with van der Waals surface area (Å²) in [6.07, 6.45) is 1.51. The molecule has 4 N–H and O–H groups in total. The predicted octanol–water partition coefficient (Wildman–Crippen LogP) is 0.454. The summed E-state index contributed by atoms with van der Waals surface area (Å²) in [6.45, 7) is 3.70. The first-order chi connectivity index (χ1) is 6.56.